The Balaban J connectivity index is 2.06. The van der Waals surface area contributed by atoms with E-state index in [-0.39, 0.29) is 5.91 Å². The fourth-order valence-corrected chi connectivity index (χ4v) is 1.77. The monoisotopic (exact) mass is 282 g/mol. The largest absolute Gasteiger partial charge is 0.366 e. The van der Waals surface area contributed by atoms with Crippen molar-refractivity contribution in [1.29, 1.82) is 0 Å². The molecule has 0 saturated heterocycles. The number of nitrogens with zero attached hydrogens (tertiary/aromatic N) is 2. The highest BCUT2D eigenvalue weighted by Crippen LogP contribution is 2.12. The lowest BCUT2D eigenvalue weighted by atomic mass is 10.1. The Morgan fingerprint density at radius 1 is 1.29 bits per heavy atom. The molecule has 21 heavy (non-hydrogen) atoms. The Bertz CT molecular complexity index is 622. The van der Waals surface area contributed by atoms with Crippen molar-refractivity contribution in [2.24, 2.45) is 0 Å². The first-order valence-corrected chi connectivity index (χ1v) is 6.80. The van der Waals surface area contributed by atoms with Crippen LogP contribution in [-0.4, -0.2) is 22.4 Å². The summed E-state index contributed by atoms with van der Waals surface area (Å²) in [4.78, 5) is 20.2. The third-order valence-electron chi connectivity index (χ3n) is 2.95. The number of aryl methyl sites for hydroxylation is 1. The van der Waals surface area contributed by atoms with Gasteiger partial charge >= 0.3 is 0 Å². The molecule has 0 radical (unpaired) electrons. The Morgan fingerprint density at radius 3 is 2.71 bits per heavy atom. The highest BCUT2D eigenvalue weighted by molar-refractivity contribution is 6.03. The molecular weight excluding hydrogens is 264 g/mol. The Labute approximate surface area is 124 Å². The lowest BCUT2D eigenvalue weighted by molar-refractivity contribution is 0.102. The second-order valence-electron chi connectivity index (χ2n) is 4.46. The van der Waals surface area contributed by atoms with E-state index < -0.39 is 0 Å². The van der Waals surface area contributed by atoms with Crippen molar-refractivity contribution in [3.63, 3.8) is 0 Å². The maximum absolute atomic E-state index is 12.1. The molecule has 5 nitrogen and oxygen atoms in total. The lowest BCUT2D eigenvalue weighted by Gasteiger charge is -2.07. The van der Waals surface area contributed by atoms with Gasteiger partial charge in [-0.3, -0.25) is 4.79 Å². The van der Waals surface area contributed by atoms with Crippen molar-refractivity contribution in [1.82, 2.24) is 9.97 Å². The molecular formula is C16H18N4O. The second kappa shape index (κ2) is 7.19. The highest BCUT2D eigenvalue weighted by atomic mass is 16.1. The molecule has 2 N–H and O–H groups in total. The van der Waals surface area contributed by atoms with Gasteiger partial charge in [0.2, 0.25) is 0 Å². The van der Waals surface area contributed by atoms with E-state index in [4.69, 9.17) is 0 Å². The first kappa shape index (κ1) is 14.7. The molecule has 0 fully saturated rings. The quantitative estimate of drug-likeness (QED) is 0.799. The van der Waals surface area contributed by atoms with Gasteiger partial charge in [0, 0.05) is 18.3 Å². The normalized spacial score (nSPS) is 9.95. The van der Waals surface area contributed by atoms with E-state index in [2.05, 4.69) is 34.1 Å². The van der Waals surface area contributed by atoms with Crippen molar-refractivity contribution < 1.29 is 4.79 Å². The van der Waals surface area contributed by atoms with Crippen molar-refractivity contribution in [3.8, 4) is 0 Å². The standard InChI is InChI=1S/C16H18N4O/c1-3-9-17-15-10-14(18-11-19-15)16(21)20-13-7-5-12(4-2)6-8-13/h3,5-8,10-11H,1,4,9H2,2H3,(H,20,21)(H,17,18,19). The molecule has 0 saturated carbocycles. The van der Waals surface area contributed by atoms with Crippen molar-refractivity contribution >= 4 is 17.4 Å². The number of hydrogen-bond acceptors (Lipinski definition) is 4. The molecule has 0 atom stereocenters. The van der Waals surface area contributed by atoms with Gasteiger partial charge in [0.15, 0.2) is 0 Å². The van der Waals surface area contributed by atoms with Gasteiger partial charge in [-0.25, -0.2) is 9.97 Å². The first-order chi connectivity index (χ1) is 10.2. The molecule has 0 aliphatic heterocycles. The molecule has 2 rings (SSSR count). The van der Waals surface area contributed by atoms with Gasteiger partial charge in [-0.15, -0.1) is 6.58 Å². The van der Waals surface area contributed by atoms with Crippen LogP contribution in [0.5, 0.6) is 0 Å². The first-order valence-electron chi connectivity index (χ1n) is 6.80. The number of anilines is 2. The maximum atomic E-state index is 12.1. The van der Waals surface area contributed by atoms with E-state index in [1.54, 1.807) is 12.1 Å². The van der Waals surface area contributed by atoms with E-state index in [0.717, 1.165) is 12.1 Å². The van der Waals surface area contributed by atoms with Gasteiger partial charge in [-0.05, 0) is 24.1 Å². The fourth-order valence-electron chi connectivity index (χ4n) is 1.77. The number of rotatable bonds is 6. The maximum Gasteiger partial charge on any atom is 0.274 e. The predicted molar refractivity (Wildman–Crippen MR) is 84.5 cm³/mol. The summed E-state index contributed by atoms with van der Waals surface area (Å²) in [5.74, 6) is 0.333. The third kappa shape index (κ3) is 4.14. The van der Waals surface area contributed by atoms with E-state index in [1.165, 1.54) is 11.9 Å². The van der Waals surface area contributed by atoms with Crippen LogP contribution < -0.4 is 10.6 Å². The van der Waals surface area contributed by atoms with Crippen LogP contribution in [0.4, 0.5) is 11.5 Å². The SMILES string of the molecule is C=CCNc1cc(C(=O)Nc2ccc(CC)cc2)ncn1. The Hall–Kier alpha value is -2.69. The number of carbonyl (C=O) groups excluding carboxylic acids is 1. The predicted octanol–water partition coefficient (Wildman–Crippen LogP) is 2.89. The smallest absolute Gasteiger partial charge is 0.274 e. The van der Waals surface area contributed by atoms with E-state index in [1.807, 2.05) is 24.3 Å². The topological polar surface area (TPSA) is 66.9 Å². The van der Waals surface area contributed by atoms with Crippen LogP contribution >= 0.6 is 0 Å². The molecule has 1 aromatic carbocycles. The van der Waals surface area contributed by atoms with Gasteiger partial charge in [0.1, 0.15) is 17.8 Å². The van der Waals surface area contributed by atoms with Crippen LogP contribution in [0.25, 0.3) is 0 Å². The second-order valence-corrected chi connectivity index (χ2v) is 4.46. The summed E-state index contributed by atoms with van der Waals surface area (Å²) in [6, 6.07) is 9.36. The molecule has 108 valence electrons. The zero-order valence-electron chi connectivity index (χ0n) is 12.0. The van der Waals surface area contributed by atoms with E-state index in [9.17, 15) is 4.79 Å². The molecule has 0 unspecified atom stereocenters. The lowest BCUT2D eigenvalue weighted by Crippen LogP contribution is -2.14. The fraction of sp³-hybridized carbons (Fsp3) is 0.188. The average molecular weight is 282 g/mol. The average Bonchev–Trinajstić information content (AvgIpc) is 2.54. The summed E-state index contributed by atoms with van der Waals surface area (Å²) in [5, 5.41) is 5.84. The molecule has 0 aliphatic rings. The van der Waals surface area contributed by atoms with Crippen molar-refractivity contribution in [2.45, 2.75) is 13.3 Å². The van der Waals surface area contributed by atoms with Gasteiger partial charge in [0.25, 0.3) is 5.91 Å². The molecule has 1 heterocycles. The van der Waals surface area contributed by atoms with Crippen LogP contribution in [-0.2, 0) is 6.42 Å². The summed E-state index contributed by atoms with van der Waals surface area (Å²) in [5.41, 5.74) is 2.29. The zero-order chi connectivity index (χ0) is 15.1. The van der Waals surface area contributed by atoms with Crippen LogP contribution in [0.1, 0.15) is 23.0 Å². The summed E-state index contributed by atoms with van der Waals surface area (Å²) in [6.45, 7) is 6.29. The van der Waals surface area contributed by atoms with Crippen LogP contribution in [0.2, 0.25) is 0 Å². The van der Waals surface area contributed by atoms with Crippen molar-refractivity contribution in [2.75, 3.05) is 17.2 Å². The van der Waals surface area contributed by atoms with Crippen LogP contribution in [0.3, 0.4) is 0 Å². The van der Waals surface area contributed by atoms with Crippen LogP contribution in [0, 0.1) is 0 Å². The number of nitrogens with one attached hydrogen (secondary N) is 2. The molecule has 0 aliphatic carbocycles. The molecule has 1 aromatic heterocycles. The highest BCUT2D eigenvalue weighted by Gasteiger charge is 2.09. The van der Waals surface area contributed by atoms with Gasteiger partial charge in [0.05, 0.1) is 0 Å². The minimum atomic E-state index is -0.261. The van der Waals surface area contributed by atoms with Crippen LogP contribution in [0.15, 0.2) is 49.3 Å². The minimum absolute atomic E-state index is 0.261. The molecule has 1 amide bonds. The number of benzene rings is 1. The zero-order valence-corrected chi connectivity index (χ0v) is 12.0. The van der Waals surface area contributed by atoms with Gasteiger partial charge in [-0.1, -0.05) is 25.1 Å². The van der Waals surface area contributed by atoms with E-state index in [0.29, 0.717) is 18.1 Å². The summed E-state index contributed by atoms with van der Waals surface area (Å²) >= 11 is 0. The molecule has 2 aromatic rings. The van der Waals surface area contributed by atoms with Crippen molar-refractivity contribution in [3.05, 3.63) is 60.6 Å². The summed E-state index contributed by atoms with van der Waals surface area (Å²) in [6.07, 6.45) is 4.05. The molecule has 0 bridgehead atoms. The van der Waals surface area contributed by atoms with Gasteiger partial charge in [-0.2, -0.15) is 0 Å². The number of amides is 1. The third-order valence-corrected chi connectivity index (χ3v) is 2.95. The summed E-state index contributed by atoms with van der Waals surface area (Å²) in [7, 11) is 0. The number of aromatic nitrogens is 2. The van der Waals surface area contributed by atoms with Gasteiger partial charge < -0.3 is 10.6 Å². The summed E-state index contributed by atoms with van der Waals surface area (Å²) < 4.78 is 0. The Morgan fingerprint density at radius 2 is 2.05 bits per heavy atom. The Kier molecular flexibility index (Phi) is 5.04. The van der Waals surface area contributed by atoms with E-state index >= 15 is 0 Å². The molecule has 5 heteroatoms. The molecule has 0 spiro atoms. The number of hydrogen-bond donors (Lipinski definition) is 2. The number of carbonyl (C=O) groups is 1. The minimum Gasteiger partial charge on any atom is -0.366 e.